The predicted octanol–water partition coefficient (Wildman–Crippen LogP) is 3.22. The molecule has 0 heterocycles. The molecule has 0 aromatic heterocycles. The van der Waals surface area contributed by atoms with Gasteiger partial charge in [-0.1, -0.05) is 13.1 Å². The molecule has 0 atom stereocenters. The third kappa shape index (κ3) is 12.4. The molecule has 0 aromatic carbocycles. The van der Waals surface area contributed by atoms with Crippen LogP contribution in [0.1, 0.15) is 78.5 Å². The van der Waals surface area contributed by atoms with Gasteiger partial charge in [0, 0.05) is 0 Å². The first kappa shape index (κ1) is 49.9. The van der Waals surface area contributed by atoms with Gasteiger partial charge in [-0.15, -0.1) is 0 Å². The first-order valence-corrected chi connectivity index (χ1v) is 17.7. The molecule has 53 heavy (non-hydrogen) atoms. The van der Waals surface area contributed by atoms with Gasteiger partial charge in [-0.2, -0.15) is 61.5 Å². The fourth-order valence-electron chi connectivity index (χ4n) is 9.50. The summed E-state index contributed by atoms with van der Waals surface area (Å²) in [6.45, 7) is -6.19. The van der Waals surface area contributed by atoms with E-state index < -0.39 is 76.7 Å². The molecule has 24 heteroatoms. The number of hydrogen-bond donors (Lipinski definition) is 1. The standard InChI is InChI=1S/C15H19F7NO.C13H17F5O.CH2F3NO2S.2Na.H/c16-13(17,7-23-8-14(18,19)20)15(21,22)24-12-4-9-1-10(5-12)3-11(2-9)6-12;14-7-12(15,16)13(17,18)19-11-4-8-1-9(5-11)3-10(2-8)6-11;2-1(3,4)8(5,6)7;;;/h9-11H,1-8H2;8-10H,1-7H2;(H2,5,6,7);;;/q-1;;;2*+1;-1. The zero-order valence-corrected chi connectivity index (χ0v) is 33.6. The van der Waals surface area contributed by atoms with E-state index in [1.165, 1.54) is 0 Å². The van der Waals surface area contributed by atoms with Crippen LogP contribution in [0.3, 0.4) is 0 Å². The summed E-state index contributed by atoms with van der Waals surface area (Å²) in [6.07, 6.45) is -6.38. The van der Waals surface area contributed by atoms with E-state index in [1.807, 2.05) is 0 Å². The number of sulfonamides is 1. The van der Waals surface area contributed by atoms with Crippen molar-refractivity contribution in [3.05, 3.63) is 5.32 Å². The number of primary sulfonamides is 1. The van der Waals surface area contributed by atoms with Crippen LogP contribution < -0.4 is 64.3 Å². The quantitative estimate of drug-likeness (QED) is 0.271. The van der Waals surface area contributed by atoms with Crippen molar-refractivity contribution in [2.24, 2.45) is 40.6 Å². The van der Waals surface area contributed by atoms with Crippen molar-refractivity contribution in [3.63, 3.8) is 0 Å². The number of halogens is 15. The molecule has 8 rings (SSSR count). The van der Waals surface area contributed by atoms with E-state index in [9.17, 15) is 74.3 Å². The van der Waals surface area contributed by atoms with Crippen molar-refractivity contribution in [2.75, 3.05) is 19.8 Å². The Morgan fingerprint density at radius 1 is 0.566 bits per heavy atom. The molecule has 0 saturated heterocycles. The van der Waals surface area contributed by atoms with Crippen molar-refractivity contribution < 1.29 is 144 Å². The Balaban J connectivity index is 0.000000437. The monoisotopic (exact) mass is 842 g/mol. The molecule has 6 nitrogen and oxygen atoms in total. The fourth-order valence-corrected chi connectivity index (χ4v) is 9.50. The van der Waals surface area contributed by atoms with Gasteiger partial charge in [-0.3, -0.25) is 0 Å². The van der Waals surface area contributed by atoms with E-state index in [0.29, 0.717) is 56.3 Å². The average molecular weight is 843 g/mol. The second-order valence-electron chi connectivity index (χ2n) is 15.1. The molecule has 8 saturated carbocycles. The molecule has 0 aromatic rings. The summed E-state index contributed by atoms with van der Waals surface area (Å²) in [6, 6.07) is 0. The molecule has 0 unspecified atom stereocenters. The van der Waals surface area contributed by atoms with Crippen LogP contribution >= 0.6 is 0 Å². The zero-order chi connectivity index (χ0) is 38.7. The number of ether oxygens (including phenoxy) is 2. The number of rotatable bonds is 10. The maximum atomic E-state index is 14.0. The summed E-state index contributed by atoms with van der Waals surface area (Å²) in [5, 5.41) is 6.20. The van der Waals surface area contributed by atoms with Gasteiger partial charge in [-0.25, -0.2) is 17.9 Å². The van der Waals surface area contributed by atoms with Crippen molar-refractivity contribution >= 4 is 10.0 Å². The van der Waals surface area contributed by atoms with Gasteiger partial charge in [0.1, 0.15) is 0 Å². The number of nitrogens with two attached hydrogens (primary N) is 1. The largest absolute Gasteiger partial charge is 1.00 e. The van der Waals surface area contributed by atoms with Crippen molar-refractivity contribution in [1.29, 1.82) is 0 Å². The van der Waals surface area contributed by atoms with Gasteiger partial charge in [-0.05, 0) is 113 Å². The Hall–Kier alpha value is 0.740. The summed E-state index contributed by atoms with van der Waals surface area (Å²) >= 11 is 0. The average Bonchev–Trinajstić information content (AvgIpc) is 2.89. The molecule has 0 amide bonds. The number of alkyl halides is 15. The zero-order valence-electron chi connectivity index (χ0n) is 29.8. The van der Waals surface area contributed by atoms with Crippen LogP contribution in [0.2, 0.25) is 0 Å². The van der Waals surface area contributed by atoms with Crippen molar-refractivity contribution in [1.82, 2.24) is 0 Å². The van der Waals surface area contributed by atoms with E-state index in [4.69, 9.17) is 0 Å². The van der Waals surface area contributed by atoms with Crippen molar-refractivity contribution in [2.45, 2.75) is 124 Å². The molecule has 8 aliphatic carbocycles. The third-order valence-corrected chi connectivity index (χ3v) is 11.2. The minimum absolute atomic E-state index is 0. The van der Waals surface area contributed by atoms with Gasteiger partial charge >= 0.3 is 105 Å². The first-order valence-electron chi connectivity index (χ1n) is 16.2. The molecule has 0 aliphatic heterocycles. The second-order valence-corrected chi connectivity index (χ2v) is 16.7. The SMILES string of the molecule is FC(F)(F)C[N-]CC(F)(F)C(F)(F)OC12CC3CC(CC(C3)C1)C2.FCC(F)(F)C(F)(F)OC12CC3CC(CC(C3)C1)C2.NS(=O)(=O)C(F)(F)F.[H-].[Na+].[Na+]. The van der Waals surface area contributed by atoms with Crippen LogP contribution in [0.4, 0.5) is 65.9 Å². The molecule has 0 radical (unpaired) electrons. The topological polar surface area (TPSA) is 92.7 Å². The summed E-state index contributed by atoms with van der Waals surface area (Å²) in [4.78, 5) is 0. The Morgan fingerprint density at radius 2 is 0.830 bits per heavy atom. The van der Waals surface area contributed by atoms with Crippen LogP contribution in [0.5, 0.6) is 0 Å². The molecular formula is C29H39F15N2Na2O4S. The van der Waals surface area contributed by atoms with E-state index in [-0.39, 0.29) is 78.3 Å². The van der Waals surface area contributed by atoms with Crippen LogP contribution in [-0.4, -0.2) is 75.1 Å². The smallest absolute Gasteiger partial charge is 1.00 e. The van der Waals surface area contributed by atoms with E-state index in [1.54, 1.807) is 0 Å². The fraction of sp³-hybridized carbons (Fsp3) is 1.00. The first-order chi connectivity index (χ1) is 22.9. The van der Waals surface area contributed by atoms with Gasteiger partial charge in [0.05, 0.1) is 11.2 Å². The minimum Gasteiger partial charge on any atom is -1.00 e. The molecule has 0 spiro atoms. The Bertz CT molecular complexity index is 1270. The van der Waals surface area contributed by atoms with Crippen molar-refractivity contribution in [3.8, 4) is 0 Å². The van der Waals surface area contributed by atoms with Gasteiger partial charge in [0.2, 0.25) is 0 Å². The molecular weight excluding hydrogens is 803 g/mol. The van der Waals surface area contributed by atoms with E-state index in [2.05, 4.69) is 19.9 Å². The van der Waals surface area contributed by atoms with Gasteiger partial charge in [0.15, 0.2) is 6.67 Å². The molecule has 302 valence electrons. The molecule has 8 fully saturated rings. The Kier molecular flexibility index (Phi) is 16.1. The van der Waals surface area contributed by atoms with Crippen LogP contribution in [0, 0.1) is 35.5 Å². The summed E-state index contributed by atoms with van der Waals surface area (Å²) in [7, 11) is -5.34. The maximum Gasteiger partial charge on any atom is 1.00 e. The van der Waals surface area contributed by atoms with E-state index >= 15 is 0 Å². The Morgan fingerprint density at radius 3 is 1.06 bits per heavy atom. The summed E-state index contributed by atoms with van der Waals surface area (Å²) in [5.41, 5.74) is -7.74. The normalized spacial score (nSPS) is 33.6. The Labute approximate surface area is 342 Å². The van der Waals surface area contributed by atoms with Crippen LogP contribution in [0.25, 0.3) is 5.32 Å². The number of hydrogen-bond acceptors (Lipinski definition) is 4. The van der Waals surface area contributed by atoms with Crippen LogP contribution in [0.15, 0.2) is 0 Å². The summed E-state index contributed by atoms with van der Waals surface area (Å²) in [5.74, 6) is -7.93. The number of nitrogens with zero attached hydrogens (tertiary/aromatic N) is 1. The van der Waals surface area contributed by atoms with Gasteiger partial charge in [0.25, 0.3) is 0 Å². The van der Waals surface area contributed by atoms with Crippen LogP contribution in [-0.2, 0) is 19.5 Å². The molecule has 2 N–H and O–H groups in total. The predicted molar refractivity (Wildman–Crippen MR) is 149 cm³/mol. The minimum atomic E-state index is -5.34. The second kappa shape index (κ2) is 17.1. The van der Waals surface area contributed by atoms with E-state index in [0.717, 1.165) is 38.5 Å². The third-order valence-electron chi connectivity index (χ3n) is 10.6. The molecule has 8 aliphatic rings. The summed E-state index contributed by atoms with van der Waals surface area (Å²) < 4.78 is 217. The van der Waals surface area contributed by atoms with Gasteiger partial charge < -0.3 is 16.2 Å². The molecule has 8 bridgehead atoms. The maximum absolute atomic E-state index is 14.0.